The number of amides is 2. The number of H-pyrrole nitrogens is 1. The Morgan fingerprint density at radius 3 is 2.62 bits per heavy atom. The maximum absolute atomic E-state index is 12.0. The lowest BCUT2D eigenvalue weighted by molar-refractivity contribution is -0.115. The van der Waals surface area contributed by atoms with Gasteiger partial charge in [0.05, 0.1) is 18.2 Å². The van der Waals surface area contributed by atoms with E-state index in [0.717, 1.165) is 10.9 Å². The van der Waals surface area contributed by atoms with E-state index in [0.29, 0.717) is 16.8 Å². The van der Waals surface area contributed by atoms with E-state index < -0.39 is 0 Å². The van der Waals surface area contributed by atoms with Gasteiger partial charge in [-0.05, 0) is 48.5 Å². The van der Waals surface area contributed by atoms with Gasteiger partial charge in [-0.3, -0.25) is 9.59 Å². The van der Waals surface area contributed by atoms with Crippen LogP contribution in [-0.4, -0.2) is 23.3 Å². The molecule has 0 aliphatic carbocycles. The summed E-state index contributed by atoms with van der Waals surface area (Å²) in [6, 6.07) is 15.6. The van der Waals surface area contributed by atoms with Crippen LogP contribution in [0.25, 0.3) is 10.9 Å². The molecule has 24 heavy (non-hydrogen) atoms. The Morgan fingerprint density at radius 1 is 1.08 bits per heavy atom. The van der Waals surface area contributed by atoms with Crippen molar-refractivity contribution in [3.05, 3.63) is 65.9 Å². The quantitative estimate of drug-likeness (QED) is 0.689. The van der Waals surface area contributed by atoms with Crippen LogP contribution in [0.2, 0.25) is 0 Å². The molecule has 0 aliphatic rings. The summed E-state index contributed by atoms with van der Waals surface area (Å²) in [4.78, 5) is 27.0. The van der Waals surface area contributed by atoms with Gasteiger partial charge in [-0.15, -0.1) is 0 Å². The van der Waals surface area contributed by atoms with Gasteiger partial charge in [0, 0.05) is 28.4 Å². The molecule has 0 unspecified atom stereocenters. The fraction of sp³-hybridized carbons (Fsp3) is 0.0556. The third-order valence-corrected chi connectivity index (χ3v) is 3.52. The van der Waals surface area contributed by atoms with Crippen LogP contribution < -0.4 is 10.6 Å². The zero-order chi connectivity index (χ0) is 16.9. The third kappa shape index (κ3) is 3.42. The van der Waals surface area contributed by atoms with Crippen molar-refractivity contribution in [3.8, 4) is 6.07 Å². The number of nitriles is 1. The molecule has 6 nitrogen and oxygen atoms in total. The predicted molar refractivity (Wildman–Crippen MR) is 90.4 cm³/mol. The second kappa shape index (κ2) is 6.67. The van der Waals surface area contributed by atoms with Gasteiger partial charge < -0.3 is 15.6 Å². The number of aromatic nitrogens is 1. The molecule has 118 valence electrons. The number of aromatic amines is 1. The zero-order valence-corrected chi connectivity index (χ0v) is 12.7. The van der Waals surface area contributed by atoms with Crippen LogP contribution in [0.3, 0.4) is 0 Å². The first-order chi connectivity index (χ1) is 11.7. The molecule has 0 atom stereocenters. The molecule has 2 aromatic carbocycles. The summed E-state index contributed by atoms with van der Waals surface area (Å²) in [5, 5.41) is 15.0. The summed E-state index contributed by atoms with van der Waals surface area (Å²) in [6.45, 7) is -0.135. The van der Waals surface area contributed by atoms with Gasteiger partial charge in [-0.25, -0.2) is 0 Å². The molecule has 1 heterocycles. The topological polar surface area (TPSA) is 97.8 Å². The third-order valence-electron chi connectivity index (χ3n) is 3.52. The van der Waals surface area contributed by atoms with Crippen LogP contribution in [0.1, 0.15) is 15.9 Å². The van der Waals surface area contributed by atoms with Gasteiger partial charge in [-0.2, -0.15) is 5.26 Å². The maximum atomic E-state index is 12.0. The van der Waals surface area contributed by atoms with Crippen molar-refractivity contribution in [2.24, 2.45) is 0 Å². The number of rotatable bonds is 4. The lowest BCUT2D eigenvalue weighted by Crippen LogP contribution is -2.32. The number of hydrogen-bond donors (Lipinski definition) is 3. The highest BCUT2D eigenvalue weighted by atomic mass is 16.2. The Bertz CT molecular complexity index is 936. The first-order valence-corrected chi connectivity index (χ1v) is 7.31. The van der Waals surface area contributed by atoms with E-state index in [2.05, 4.69) is 15.6 Å². The summed E-state index contributed by atoms with van der Waals surface area (Å²) in [7, 11) is 0. The van der Waals surface area contributed by atoms with Crippen molar-refractivity contribution in [1.82, 2.24) is 10.3 Å². The Morgan fingerprint density at radius 2 is 1.88 bits per heavy atom. The molecule has 0 aliphatic heterocycles. The average molecular weight is 318 g/mol. The van der Waals surface area contributed by atoms with E-state index in [1.807, 2.05) is 30.5 Å². The van der Waals surface area contributed by atoms with Crippen molar-refractivity contribution in [2.45, 2.75) is 0 Å². The number of benzene rings is 2. The highest BCUT2D eigenvalue weighted by Crippen LogP contribution is 2.17. The minimum Gasteiger partial charge on any atom is -0.361 e. The molecule has 0 fully saturated rings. The van der Waals surface area contributed by atoms with Crippen LogP contribution in [-0.2, 0) is 4.79 Å². The number of anilines is 1. The summed E-state index contributed by atoms with van der Waals surface area (Å²) in [5.74, 6) is -0.678. The van der Waals surface area contributed by atoms with Crippen molar-refractivity contribution >= 4 is 28.4 Å². The molecule has 2 amide bonds. The monoisotopic (exact) mass is 318 g/mol. The van der Waals surface area contributed by atoms with E-state index in [1.165, 1.54) is 0 Å². The molecular formula is C18H14N4O2. The Balaban J connectivity index is 1.56. The number of carbonyl (C=O) groups excluding carboxylic acids is 2. The lowest BCUT2D eigenvalue weighted by atomic mass is 10.1. The van der Waals surface area contributed by atoms with Gasteiger partial charge >= 0.3 is 0 Å². The van der Waals surface area contributed by atoms with Crippen LogP contribution in [0.4, 0.5) is 5.69 Å². The lowest BCUT2D eigenvalue weighted by Gasteiger charge is -2.07. The summed E-state index contributed by atoms with van der Waals surface area (Å²) >= 11 is 0. The number of hydrogen-bond acceptors (Lipinski definition) is 3. The molecule has 0 radical (unpaired) electrons. The standard InChI is InChI=1S/C18H14N4O2/c19-10-12-1-3-13(4-2-12)18(24)21-11-17(23)22-15-5-6-16-14(9-15)7-8-20-16/h1-9,20H,11H2,(H,21,24)(H,22,23). The summed E-state index contributed by atoms with van der Waals surface area (Å²) < 4.78 is 0. The number of carbonyl (C=O) groups is 2. The van der Waals surface area contributed by atoms with Crippen LogP contribution >= 0.6 is 0 Å². The van der Waals surface area contributed by atoms with Crippen molar-refractivity contribution in [2.75, 3.05) is 11.9 Å². The molecule has 1 aromatic heterocycles. The summed E-state index contributed by atoms with van der Waals surface area (Å²) in [6.07, 6.45) is 1.83. The molecule has 3 rings (SSSR count). The molecule has 0 spiro atoms. The van der Waals surface area contributed by atoms with E-state index in [1.54, 1.807) is 30.3 Å². The zero-order valence-electron chi connectivity index (χ0n) is 12.7. The fourth-order valence-electron chi connectivity index (χ4n) is 2.29. The molecule has 0 saturated heterocycles. The van der Waals surface area contributed by atoms with E-state index in [4.69, 9.17) is 5.26 Å². The fourth-order valence-corrected chi connectivity index (χ4v) is 2.29. The van der Waals surface area contributed by atoms with E-state index in [-0.39, 0.29) is 18.4 Å². The van der Waals surface area contributed by atoms with E-state index >= 15 is 0 Å². The Labute approximate surface area is 138 Å². The van der Waals surface area contributed by atoms with Crippen LogP contribution in [0.15, 0.2) is 54.7 Å². The molecule has 0 bridgehead atoms. The Kier molecular flexibility index (Phi) is 4.25. The second-order valence-electron chi connectivity index (χ2n) is 5.20. The average Bonchev–Trinajstić information content (AvgIpc) is 3.07. The van der Waals surface area contributed by atoms with Gasteiger partial charge in [-0.1, -0.05) is 0 Å². The first-order valence-electron chi connectivity index (χ1n) is 7.31. The first kappa shape index (κ1) is 15.3. The normalized spacial score (nSPS) is 10.1. The van der Waals surface area contributed by atoms with Crippen LogP contribution in [0, 0.1) is 11.3 Å². The van der Waals surface area contributed by atoms with Gasteiger partial charge in [0.25, 0.3) is 5.91 Å². The maximum Gasteiger partial charge on any atom is 0.251 e. The highest BCUT2D eigenvalue weighted by Gasteiger charge is 2.08. The van der Waals surface area contributed by atoms with Gasteiger partial charge in [0.2, 0.25) is 5.91 Å². The summed E-state index contributed by atoms with van der Waals surface area (Å²) in [5.41, 5.74) is 2.53. The number of fused-ring (bicyclic) bond motifs is 1. The van der Waals surface area contributed by atoms with Crippen molar-refractivity contribution < 1.29 is 9.59 Å². The SMILES string of the molecule is N#Cc1ccc(C(=O)NCC(=O)Nc2ccc3[nH]ccc3c2)cc1. The van der Waals surface area contributed by atoms with E-state index in [9.17, 15) is 9.59 Å². The molecule has 6 heteroatoms. The van der Waals surface area contributed by atoms with Gasteiger partial charge in [0.15, 0.2) is 0 Å². The predicted octanol–water partition coefficient (Wildman–Crippen LogP) is 2.41. The largest absolute Gasteiger partial charge is 0.361 e. The second-order valence-corrected chi connectivity index (χ2v) is 5.20. The minimum atomic E-state index is -0.365. The Hall–Kier alpha value is -3.59. The molecule has 3 aromatic rings. The molecule has 3 N–H and O–H groups in total. The molecule has 0 saturated carbocycles. The van der Waals surface area contributed by atoms with Gasteiger partial charge in [0.1, 0.15) is 0 Å². The smallest absolute Gasteiger partial charge is 0.251 e. The number of nitrogens with one attached hydrogen (secondary N) is 3. The van der Waals surface area contributed by atoms with Crippen LogP contribution in [0.5, 0.6) is 0 Å². The van der Waals surface area contributed by atoms with Crippen molar-refractivity contribution in [3.63, 3.8) is 0 Å². The molecular weight excluding hydrogens is 304 g/mol. The number of nitrogens with zero attached hydrogens (tertiary/aromatic N) is 1. The highest BCUT2D eigenvalue weighted by molar-refractivity contribution is 6.00. The van der Waals surface area contributed by atoms with Crippen molar-refractivity contribution in [1.29, 1.82) is 5.26 Å². The minimum absolute atomic E-state index is 0.135.